The van der Waals surface area contributed by atoms with Crippen molar-refractivity contribution < 1.29 is 19.1 Å². The van der Waals surface area contributed by atoms with E-state index in [1.165, 1.54) is 4.90 Å². The zero-order valence-corrected chi connectivity index (χ0v) is 22.0. The van der Waals surface area contributed by atoms with Crippen LogP contribution < -0.4 is 26.4 Å². The van der Waals surface area contributed by atoms with Gasteiger partial charge in [-0.3, -0.25) is 19.3 Å². The number of carbonyl (C=O) groups is 3. The molecule has 0 aliphatic carbocycles. The number of methoxy groups -OCH3 is 1. The minimum atomic E-state index is -1.07. The van der Waals surface area contributed by atoms with Crippen LogP contribution in [-0.4, -0.2) is 34.7 Å². The van der Waals surface area contributed by atoms with E-state index < -0.39 is 23.4 Å². The number of hydrogen-bond acceptors (Lipinski definition) is 7. The largest absolute Gasteiger partial charge is 0.497 e. The molecule has 0 saturated carbocycles. The molecule has 10 heteroatoms. The fourth-order valence-electron chi connectivity index (χ4n) is 3.82. The van der Waals surface area contributed by atoms with Crippen LogP contribution in [0.2, 0.25) is 0 Å². The minimum absolute atomic E-state index is 0.0193. The van der Waals surface area contributed by atoms with E-state index in [1.54, 1.807) is 37.4 Å². The van der Waals surface area contributed by atoms with Gasteiger partial charge in [0.25, 0.3) is 11.8 Å². The normalized spacial score (nSPS) is 12.1. The predicted molar refractivity (Wildman–Crippen MR) is 141 cm³/mol. The second-order valence-electron chi connectivity index (χ2n) is 9.52. The summed E-state index contributed by atoms with van der Waals surface area (Å²) in [6.07, 6.45) is 0. The Labute approximate surface area is 214 Å². The summed E-state index contributed by atoms with van der Waals surface area (Å²) in [6.45, 7) is 9.38. The van der Waals surface area contributed by atoms with Crippen LogP contribution in [0, 0.1) is 13.8 Å². The van der Waals surface area contributed by atoms with Gasteiger partial charge < -0.3 is 21.5 Å². The van der Waals surface area contributed by atoms with Gasteiger partial charge in [-0.15, -0.1) is 0 Å². The lowest BCUT2D eigenvalue weighted by Gasteiger charge is -2.34. The van der Waals surface area contributed by atoms with E-state index in [4.69, 9.17) is 16.2 Å². The molecule has 1 heterocycles. The van der Waals surface area contributed by atoms with Gasteiger partial charge in [-0.2, -0.15) is 4.37 Å². The van der Waals surface area contributed by atoms with Gasteiger partial charge in [-0.1, -0.05) is 29.8 Å². The summed E-state index contributed by atoms with van der Waals surface area (Å²) in [4.78, 5) is 41.1. The summed E-state index contributed by atoms with van der Waals surface area (Å²) < 4.78 is 9.26. The molecule has 9 nitrogen and oxygen atoms in total. The van der Waals surface area contributed by atoms with Gasteiger partial charge in [0.15, 0.2) is 5.69 Å². The van der Waals surface area contributed by atoms with Crippen LogP contribution in [0.1, 0.15) is 63.7 Å². The number of aryl methyl sites for hydroxylation is 2. The molecule has 2 aromatic carbocycles. The van der Waals surface area contributed by atoms with E-state index in [9.17, 15) is 14.4 Å². The van der Waals surface area contributed by atoms with Crippen molar-refractivity contribution in [2.45, 2.75) is 46.2 Å². The molecule has 0 unspecified atom stereocenters. The Bertz CT molecular complexity index is 1290. The Morgan fingerprint density at radius 1 is 1.08 bits per heavy atom. The van der Waals surface area contributed by atoms with Crippen molar-refractivity contribution in [3.8, 4) is 5.75 Å². The van der Waals surface area contributed by atoms with Crippen molar-refractivity contribution in [2.75, 3.05) is 17.7 Å². The zero-order valence-electron chi connectivity index (χ0n) is 21.2. The van der Waals surface area contributed by atoms with E-state index in [1.807, 2.05) is 46.8 Å². The van der Waals surface area contributed by atoms with Crippen molar-refractivity contribution in [2.24, 2.45) is 5.73 Å². The second kappa shape index (κ2) is 10.4. The molecular formula is C26H31N5O4S. The van der Waals surface area contributed by atoms with E-state index in [0.29, 0.717) is 17.0 Å². The summed E-state index contributed by atoms with van der Waals surface area (Å²) in [6, 6.07) is 11.4. The maximum Gasteiger partial charge on any atom is 0.273 e. The molecule has 5 N–H and O–H groups in total. The van der Waals surface area contributed by atoms with Gasteiger partial charge >= 0.3 is 0 Å². The Morgan fingerprint density at radius 3 is 2.22 bits per heavy atom. The molecule has 3 rings (SSSR count). The Kier molecular flexibility index (Phi) is 7.68. The number of nitrogen functional groups attached to an aromatic ring is 1. The summed E-state index contributed by atoms with van der Waals surface area (Å²) in [7, 11) is 1.55. The Morgan fingerprint density at radius 2 is 1.72 bits per heavy atom. The molecule has 0 spiro atoms. The number of nitrogens with one attached hydrogen (secondary N) is 1. The molecule has 0 aliphatic rings. The van der Waals surface area contributed by atoms with Crippen LogP contribution in [0.15, 0.2) is 42.5 Å². The number of amides is 3. The van der Waals surface area contributed by atoms with E-state index in [0.717, 1.165) is 22.7 Å². The average Bonchev–Trinajstić information content (AvgIpc) is 3.18. The first-order valence-corrected chi connectivity index (χ1v) is 12.0. The number of rotatable bonds is 7. The third-order valence-corrected chi connectivity index (χ3v) is 6.27. The number of aromatic nitrogens is 1. The standard InChI is InChI=1S/C26H31N5O4S/c1-14-7-12-18(15(2)13-14)31(25(34)22-19(27)20(23(28)32)30-36-22)21(24(33)29-26(3,4)5)16-8-10-17(35-6)11-9-16/h7-13,21H,27H2,1-6H3,(H2,28,32)(H,29,33)/t21-/m1/s1. The fraction of sp³-hybridized carbons (Fsp3) is 0.308. The van der Waals surface area contributed by atoms with Crippen molar-refractivity contribution in [1.29, 1.82) is 0 Å². The number of benzene rings is 2. The maximum atomic E-state index is 14.1. The first-order chi connectivity index (χ1) is 16.8. The van der Waals surface area contributed by atoms with Crippen LogP contribution >= 0.6 is 11.5 Å². The molecule has 0 aliphatic heterocycles. The van der Waals surface area contributed by atoms with Crippen molar-refractivity contribution in [3.63, 3.8) is 0 Å². The number of carbonyl (C=O) groups excluding carboxylic acids is 3. The van der Waals surface area contributed by atoms with Crippen molar-refractivity contribution in [3.05, 3.63) is 69.7 Å². The third-order valence-electron chi connectivity index (χ3n) is 5.42. The summed E-state index contributed by atoms with van der Waals surface area (Å²) in [5.41, 5.74) is 13.5. The van der Waals surface area contributed by atoms with Crippen LogP contribution in [0.3, 0.4) is 0 Å². The van der Waals surface area contributed by atoms with Crippen molar-refractivity contribution >= 4 is 40.6 Å². The van der Waals surface area contributed by atoms with E-state index >= 15 is 0 Å². The molecule has 1 aromatic heterocycles. The fourth-order valence-corrected chi connectivity index (χ4v) is 4.56. The minimum Gasteiger partial charge on any atom is -0.497 e. The van der Waals surface area contributed by atoms with Gasteiger partial charge in [-0.25, -0.2) is 0 Å². The quantitative estimate of drug-likeness (QED) is 0.443. The van der Waals surface area contributed by atoms with Crippen LogP contribution in [-0.2, 0) is 4.79 Å². The van der Waals surface area contributed by atoms with Crippen LogP contribution in [0.5, 0.6) is 5.75 Å². The molecule has 1 atom stereocenters. The predicted octanol–water partition coefficient (Wildman–Crippen LogP) is 3.75. The molecule has 0 fully saturated rings. The lowest BCUT2D eigenvalue weighted by Crippen LogP contribution is -2.49. The molecule has 0 saturated heterocycles. The first-order valence-electron chi connectivity index (χ1n) is 11.3. The SMILES string of the molecule is COc1ccc([C@H](C(=O)NC(C)(C)C)N(C(=O)c2snc(C(N)=O)c2N)c2ccc(C)cc2C)cc1. The topological polar surface area (TPSA) is 141 Å². The van der Waals surface area contributed by atoms with Gasteiger partial charge in [0.1, 0.15) is 16.7 Å². The highest BCUT2D eigenvalue weighted by Crippen LogP contribution is 2.35. The van der Waals surface area contributed by atoms with Gasteiger partial charge in [-0.05, 0) is 75.5 Å². The monoisotopic (exact) mass is 509 g/mol. The number of nitrogens with zero attached hydrogens (tertiary/aromatic N) is 2. The van der Waals surface area contributed by atoms with Gasteiger partial charge in [0.2, 0.25) is 5.91 Å². The number of primary amides is 1. The van der Waals surface area contributed by atoms with E-state index in [2.05, 4.69) is 9.69 Å². The number of anilines is 2. The molecule has 0 bridgehead atoms. The lowest BCUT2D eigenvalue weighted by atomic mass is 9.99. The average molecular weight is 510 g/mol. The number of ether oxygens (including phenoxy) is 1. The van der Waals surface area contributed by atoms with Crippen molar-refractivity contribution in [1.82, 2.24) is 9.69 Å². The third kappa shape index (κ3) is 5.65. The first kappa shape index (κ1) is 26.7. The molecule has 3 amide bonds. The Hall–Kier alpha value is -3.92. The highest BCUT2D eigenvalue weighted by Gasteiger charge is 2.37. The number of nitrogens with two attached hydrogens (primary N) is 2. The Balaban J connectivity index is 2.27. The smallest absolute Gasteiger partial charge is 0.273 e. The number of hydrogen-bond donors (Lipinski definition) is 3. The second-order valence-corrected chi connectivity index (χ2v) is 10.3. The summed E-state index contributed by atoms with van der Waals surface area (Å²) in [5.74, 6) is -1.19. The molecule has 36 heavy (non-hydrogen) atoms. The molecule has 3 aromatic rings. The maximum absolute atomic E-state index is 14.1. The molecule has 190 valence electrons. The van der Waals surface area contributed by atoms with Gasteiger partial charge in [0, 0.05) is 11.2 Å². The lowest BCUT2D eigenvalue weighted by molar-refractivity contribution is -0.123. The summed E-state index contributed by atoms with van der Waals surface area (Å²) >= 11 is 0.769. The summed E-state index contributed by atoms with van der Waals surface area (Å²) in [5, 5.41) is 2.99. The molecule has 0 radical (unpaired) electrons. The molecular weight excluding hydrogens is 478 g/mol. The van der Waals surface area contributed by atoms with Crippen LogP contribution in [0.25, 0.3) is 0 Å². The van der Waals surface area contributed by atoms with Gasteiger partial charge in [0.05, 0.1) is 12.8 Å². The van der Waals surface area contributed by atoms with Crippen LogP contribution in [0.4, 0.5) is 11.4 Å². The highest BCUT2D eigenvalue weighted by molar-refractivity contribution is 7.09. The van der Waals surface area contributed by atoms with E-state index in [-0.39, 0.29) is 22.2 Å². The zero-order chi connectivity index (χ0) is 26.8. The highest BCUT2D eigenvalue weighted by atomic mass is 32.1.